The van der Waals surface area contributed by atoms with Gasteiger partial charge >= 0.3 is 0 Å². The summed E-state index contributed by atoms with van der Waals surface area (Å²) in [6.45, 7) is 1.65. The molecule has 0 atom stereocenters. The van der Waals surface area contributed by atoms with Gasteiger partial charge in [0.2, 0.25) is 5.89 Å². The monoisotopic (exact) mass is 306 g/mol. The second kappa shape index (κ2) is 8.14. The Hall–Kier alpha value is -2.41. The molecule has 0 radical (unpaired) electrons. The van der Waals surface area contributed by atoms with Crippen molar-refractivity contribution in [3.63, 3.8) is 0 Å². The second-order valence-electron chi connectivity index (χ2n) is 4.59. The number of guanidine groups is 1. The van der Waals surface area contributed by atoms with Crippen molar-refractivity contribution in [1.82, 2.24) is 10.3 Å². The van der Waals surface area contributed by atoms with Gasteiger partial charge in [0.25, 0.3) is 0 Å². The van der Waals surface area contributed by atoms with Crippen molar-refractivity contribution in [2.24, 2.45) is 10.7 Å². The highest BCUT2D eigenvalue weighted by Crippen LogP contribution is 2.18. The van der Waals surface area contributed by atoms with Crippen LogP contribution in [0.4, 0.5) is 4.39 Å². The van der Waals surface area contributed by atoms with Crippen molar-refractivity contribution in [1.29, 1.82) is 0 Å². The van der Waals surface area contributed by atoms with E-state index >= 15 is 0 Å². The number of nitrogens with zero attached hydrogens (tertiary/aromatic N) is 2. The highest BCUT2D eigenvalue weighted by atomic mass is 19.1. The number of aliphatic imine (C=N–C) groups is 1. The summed E-state index contributed by atoms with van der Waals surface area (Å²) in [5.41, 5.74) is 7.22. The van der Waals surface area contributed by atoms with E-state index in [1.165, 1.54) is 12.1 Å². The van der Waals surface area contributed by atoms with E-state index in [9.17, 15) is 4.39 Å². The summed E-state index contributed by atoms with van der Waals surface area (Å²) < 4.78 is 23.1. The summed E-state index contributed by atoms with van der Waals surface area (Å²) in [6.07, 6.45) is 2.23. The molecule has 1 aromatic heterocycles. The van der Waals surface area contributed by atoms with E-state index in [0.717, 1.165) is 11.3 Å². The summed E-state index contributed by atoms with van der Waals surface area (Å²) in [7, 11) is 1.61. The van der Waals surface area contributed by atoms with Crippen molar-refractivity contribution in [2.75, 3.05) is 26.8 Å². The normalized spacial score (nSPS) is 11.6. The first kappa shape index (κ1) is 16.0. The number of rotatable bonds is 7. The summed E-state index contributed by atoms with van der Waals surface area (Å²) in [5.74, 6) is 0.555. The fraction of sp³-hybridized carbons (Fsp3) is 0.333. The zero-order valence-electron chi connectivity index (χ0n) is 12.4. The molecule has 0 amide bonds. The molecule has 0 fully saturated rings. The fourth-order valence-electron chi connectivity index (χ4n) is 1.78. The lowest BCUT2D eigenvalue weighted by Crippen LogP contribution is -2.33. The lowest BCUT2D eigenvalue weighted by molar-refractivity contribution is 0.208. The first-order chi connectivity index (χ1) is 10.7. The van der Waals surface area contributed by atoms with Gasteiger partial charge < -0.3 is 20.2 Å². The zero-order valence-corrected chi connectivity index (χ0v) is 12.4. The van der Waals surface area contributed by atoms with Crippen molar-refractivity contribution in [3.05, 3.63) is 42.0 Å². The van der Waals surface area contributed by atoms with Crippen LogP contribution in [-0.4, -0.2) is 37.7 Å². The Morgan fingerprint density at radius 3 is 2.91 bits per heavy atom. The van der Waals surface area contributed by atoms with Crippen LogP contribution in [0.3, 0.4) is 0 Å². The van der Waals surface area contributed by atoms with E-state index in [0.29, 0.717) is 38.0 Å². The van der Waals surface area contributed by atoms with E-state index in [1.807, 2.05) is 0 Å². The number of oxazole rings is 1. The molecule has 0 bridgehead atoms. The van der Waals surface area contributed by atoms with Gasteiger partial charge in [0, 0.05) is 25.6 Å². The molecule has 0 unspecified atom stereocenters. The highest BCUT2D eigenvalue weighted by molar-refractivity contribution is 5.77. The van der Waals surface area contributed by atoms with Gasteiger partial charge in [-0.25, -0.2) is 9.37 Å². The molecule has 0 saturated carbocycles. The summed E-state index contributed by atoms with van der Waals surface area (Å²) in [6, 6.07) is 6.00. The lowest BCUT2D eigenvalue weighted by atomic mass is 10.2. The SMILES string of the molecule is COCCN=C(N)NCCc1coc(-c2ccc(F)cc2)n1. The largest absolute Gasteiger partial charge is 0.444 e. The molecule has 0 saturated heterocycles. The Kier molecular flexibility index (Phi) is 5.91. The molecule has 0 aliphatic carbocycles. The number of hydrogen-bond acceptors (Lipinski definition) is 4. The number of halogens is 1. The number of nitrogens with two attached hydrogens (primary N) is 1. The molecule has 3 N–H and O–H groups in total. The molecule has 7 heteroatoms. The smallest absolute Gasteiger partial charge is 0.226 e. The number of hydrogen-bond donors (Lipinski definition) is 2. The van der Waals surface area contributed by atoms with Crippen LogP contribution in [0.5, 0.6) is 0 Å². The minimum absolute atomic E-state index is 0.289. The maximum absolute atomic E-state index is 12.9. The van der Waals surface area contributed by atoms with E-state index in [-0.39, 0.29) is 5.82 Å². The first-order valence-electron chi connectivity index (χ1n) is 6.92. The van der Waals surface area contributed by atoms with Gasteiger partial charge in [-0.15, -0.1) is 0 Å². The van der Waals surface area contributed by atoms with Gasteiger partial charge in [-0.1, -0.05) is 0 Å². The van der Waals surface area contributed by atoms with E-state index < -0.39 is 0 Å². The van der Waals surface area contributed by atoms with Crippen LogP contribution in [-0.2, 0) is 11.2 Å². The zero-order chi connectivity index (χ0) is 15.8. The van der Waals surface area contributed by atoms with Crippen LogP contribution in [0.15, 0.2) is 39.9 Å². The quantitative estimate of drug-likeness (QED) is 0.461. The minimum Gasteiger partial charge on any atom is -0.444 e. The predicted octanol–water partition coefficient (Wildman–Crippen LogP) is 1.57. The predicted molar refractivity (Wildman–Crippen MR) is 82.0 cm³/mol. The fourth-order valence-corrected chi connectivity index (χ4v) is 1.78. The van der Waals surface area contributed by atoms with Gasteiger partial charge in [-0.2, -0.15) is 0 Å². The van der Waals surface area contributed by atoms with Crippen molar-refractivity contribution >= 4 is 5.96 Å². The molecule has 1 aromatic carbocycles. The standard InChI is InChI=1S/C15H19FN4O2/c1-21-9-8-19-15(17)18-7-6-13-10-22-14(20-13)11-2-4-12(16)5-3-11/h2-5,10H,6-9H2,1H3,(H3,17,18,19). The Morgan fingerprint density at radius 1 is 1.41 bits per heavy atom. The van der Waals surface area contributed by atoms with Gasteiger partial charge in [-0.05, 0) is 24.3 Å². The topological polar surface area (TPSA) is 85.7 Å². The molecule has 0 spiro atoms. The number of ether oxygens (including phenoxy) is 1. The Balaban J connectivity index is 1.82. The van der Waals surface area contributed by atoms with Crippen molar-refractivity contribution in [3.8, 4) is 11.5 Å². The lowest BCUT2D eigenvalue weighted by Gasteiger charge is -2.03. The third-order valence-corrected chi connectivity index (χ3v) is 2.91. The van der Waals surface area contributed by atoms with Crippen LogP contribution in [0, 0.1) is 5.82 Å². The molecular weight excluding hydrogens is 287 g/mol. The maximum Gasteiger partial charge on any atom is 0.226 e. The van der Waals surface area contributed by atoms with E-state index in [4.69, 9.17) is 14.9 Å². The third kappa shape index (κ3) is 4.85. The molecule has 1 heterocycles. The third-order valence-electron chi connectivity index (χ3n) is 2.91. The van der Waals surface area contributed by atoms with Crippen LogP contribution in [0.2, 0.25) is 0 Å². The minimum atomic E-state index is -0.289. The average molecular weight is 306 g/mol. The Labute approximate surface area is 128 Å². The Bertz CT molecular complexity index is 610. The molecule has 2 aromatic rings. The molecule has 2 rings (SSSR count). The summed E-state index contributed by atoms with van der Waals surface area (Å²) in [4.78, 5) is 8.44. The molecule has 22 heavy (non-hydrogen) atoms. The first-order valence-corrected chi connectivity index (χ1v) is 6.92. The summed E-state index contributed by atoms with van der Waals surface area (Å²) in [5, 5.41) is 2.99. The van der Waals surface area contributed by atoms with Crippen molar-refractivity contribution in [2.45, 2.75) is 6.42 Å². The van der Waals surface area contributed by atoms with Gasteiger partial charge in [0.05, 0.1) is 18.8 Å². The van der Waals surface area contributed by atoms with Crippen LogP contribution < -0.4 is 11.1 Å². The second-order valence-corrected chi connectivity index (χ2v) is 4.59. The number of benzene rings is 1. The Morgan fingerprint density at radius 2 is 2.18 bits per heavy atom. The average Bonchev–Trinajstić information content (AvgIpc) is 2.97. The molecule has 0 aliphatic rings. The van der Waals surface area contributed by atoms with Crippen LogP contribution in [0.25, 0.3) is 11.5 Å². The number of aromatic nitrogens is 1. The molecular formula is C15H19FN4O2. The summed E-state index contributed by atoms with van der Waals surface area (Å²) >= 11 is 0. The van der Waals surface area contributed by atoms with Gasteiger partial charge in [0.1, 0.15) is 12.1 Å². The van der Waals surface area contributed by atoms with Crippen LogP contribution in [0.1, 0.15) is 5.69 Å². The molecule has 118 valence electrons. The van der Waals surface area contributed by atoms with E-state index in [1.54, 1.807) is 25.5 Å². The van der Waals surface area contributed by atoms with Crippen LogP contribution >= 0.6 is 0 Å². The maximum atomic E-state index is 12.9. The van der Waals surface area contributed by atoms with Crippen molar-refractivity contribution < 1.29 is 13.5 Å². The molecule has 6 nitrogen and oxygen atoms in total. The van der Waals surface area contributed by atoms with Gasteiger partial charge in [-0.3, -0.25) is 4.99 Å². The van der Waals surface area contributed by atoms with Gasteiger partial charge in [0.15, 0.2) is 5.96 Å². The molecule has 0 aliphatic heterocycles. The van der Waals surface area contributed by atoms with E-state index in [2.05, 4.69) is 15.3 Å². The number of methoxy groups -OCH3 is 1. The highest BCUT2D eigenvalue weighted by Gasteiger charge is 2.06. The number of nitrogens with one attached hydrogen (secondary N) is 1.